The van der Waals surface area contributed by atoms with Gasteiger partial charge in [-0.25, -0.2) is 4.79 Å². The number of carbonyl (C=O) groups is 1. The minimum Gasteiger partial charge on any atom is -0.388 e. The number of fused-ring (bicyclic) bond motifs is 1. The Labute approximate surface area is 92.1 Å². The van der Waals surface area contributed by atoms with Gasteiger partial charge in [-0.2, -0.15) is 0 Å². The van der Waals surface area contributed by atoms with E-state index >= 15 is 0 Å². The zero-order valence-corrected chi connectivity index (χ0v) is 9.09. The number of aliphatic hydroxyl groups is 1. The Morgan fingerprint density at radius 1 is 1.60 bits per heavy atom. The van der Waals surface area contributed by atoms with Gasteiger partial charge >= 0.3 is 6.03 Å². The van der Waals surface area contributed by atoms with Gasteiger partial charge in [0.05, 0.1) is 12.1 Å². The molecule has 2 amide bonds. The fraction of sp³-hybridized carbons (Fsp3) is 0.500. The normalized spacial score (nSPS) is 25.4. The third-order valence-electron chi connectivity index (χ3n) is 2.69. The smallest absolute Gasteiger partial charge is 0.312 e. The zero-order valence-electron chi connectivity index (χ0n) is 8.27. The van der Waals surface area contributed by atoms with Crippen LogP contribution in [-0.2, 0) is 0 Å². The van der Waals surface area contributed by atoms with E-state index in [-0.39, 0.29) is 12.1 Å². The fourth-order valence-electron chi connectivity index (χ4n) is 2.01. The zero-order chi connectivity index (χ0) is 10.8. The minimum absolute atomic E-state index is 0.0408. The Hall–Kier alpha value is -1.07. The maximum absolute atomic E-state index is 10.8. The average Bonchev–Trinajstić information content (AvgIpc) is 2.59. The lowest BCUT2D eigenvalue weighted by molar-refractivity contribution is 0.170. The molecule has 0 fully saturated rings. The number of nitrogens with two attached hydrogens (primary N) is 1. The van der Waals surface area contributed by atoms with Crippen LogP contribution in [0, 0.1) is 0 Å². The molecule has 0 saturated carbocycles. The summed E-state index contributed by atoms with van der Waals surface area (Å²) in [5.41, 5.74) is 6.14. The molecule has 0 radical (unpaired) electrons. The van der Waals surface area contributed by atoms with Crippen LogP contribution in [0.25, 0.3) is 0 Å². The second kappa shape index (κ2) is 4.20. The summed E-state index contributed by atoms with van der Waals surface area (Å²) in [7, 11) is 0. The molecule has 15 heavy (non-hydrogen) atoms. The monoisotopic (exact) mass is 226 g/mol. The van der Waals surface area contributed by atoms with Gasteiger partial charge in [0.25, 0.3) is 0 Å². The van der Waals surface area contributed by atoms with Gasteiger partial charge in [-0.15, -0.1) is 11.3 Å². The van der Waals surface area contributed by atoms with E-state index in [4.69, 9.17) is 5.73 Å². The molecule has 0 spiro atoms. The Bertz CT molecular complexity index is 364. The molecule has 0 bridgehead atoms. The van der Waals surface area contributed by atoms with Crippen LogP contribution in [-0.4, -0.2) is 11.1 Å². The van der Waals surface area contributed by atoms with Gasteiger partial charge in [0.1, 0.15) is 0 Å². The first-order valence-corrected chi connectivity index (χ1v) is 5.88. The summed E-state index contributed by atoms with van der Waals surface area (Å²) in [6.07, 6.45) is 2.10. The highest BCUT2D eigenvalue weighted by molar-refractivity contribution is 7.10. The molecule has 0 aliphatic heterocycles. The number of hydrogen-bond donors (Lipinski definition) is 3. The standard InChI is InChI=1S/C10H14N2O2S/c11-10(14)12-7-2-1-3-8(13)9-6(7)4-5-15-9/h4-5,7-8,13H,1-3H2,(H3,11,12,14)/t7-,8+/m1/s1. The first-order valence-electron chi connectivity index (χ1n) is 5.00. The van der Waals surface area contributed by atoms with Crippen LogP contribution < -0.4 is 11.1 Å². The summed E-state index contributed by atoms with van der Waals surface area (Å²) >= 11 is 1.54. The van der Waals surface area contributed by atoms with Gasteiger partial charge in [-0.05, 0) is 36.3 Å². The van der Waals surface area contributed by atoms with Gasteiger partial charge < -0.3 is 16.2 Å². The minimum atomic E-state index is -0.506. The highest BCUT2D eigenvalue weighted by atomic mass is 32.1. The molecule has 2 atom stereocenters. The molecule has 4 nitrogen and oxygen atoms in total. The number of nitrogens with one attached hydrogen (secondary N) is 1. The van der Waals surface area contributed by atoms with E-state index in [1.54, 1.807) is 0 Å². The molecular weight excluding hydrogens is 212 g/mol. The second-order valence-corrected chi connectivity index (χ2v) is 4.70. The van der Waals surface area contributed by atoms with E-state index in [0.717, 1.165) is 29.7 Å². The van der Waals surface area contributed by atoms with Crippen molar-refractivity contribution in [1.82, 2.24) is 5.32 Å². The second-order valence-electron chi connectivity index (χ2n) is 3.75. The maximum atomic E-state index is 10.8. The molecule has 1 aromatic heterocycles. The SMILES string of the molecule is NC(=O)N[C@@H]1CCC[C@H](O)c2sccc21. The van der Waals surface area contributed by atoms with Crippen LogP contribution in [0.4, 0.5) is 4.79 Å². The quantitative estimate of drug-likeness (QED) is 0.637. The molecule has 0 unspecified atom stereocenters. The van der Waals surface area contributed by atoms with Crippen molar-refractivity contribution < 1.29 is 9.90 Å². The van der Waals surface area contributed by atoms with Crippen molar-refractivity contribution in [3.8, 4) is 0 Å². The molecule has 1 aliphatic rings. The first kappa shape index (κ1) is 10.4. The Morgan fingerprint density at radius 3 is 3.13 bits per heavy atom. The van der Waals surface area contributed by atoms with Crippen molar-refractivity contribution in [3.63, 3.8) is 0 Å². The third kappa shape index (κ3) is 2.13. The van der Waals surface area contributed by atoms with E-state index in [2.05, 4.69) is 5.32 Å². The summed E-state index contributed by atoms with van der Waals surface area (Å²) < 4.78 is 0. The van der Waals surface area contributed by atoms with Gasteiger partial charge in [-0.1, -0.05) is 0 Å². The van der Waals surface area contributed by atoms with E-state index in [1.807, 2.05) is 11.4 Å². The van der Waals surface area contributed by atoms with Crippen LogP contribution in [0.5, 0.6) is 0 Å². The van der Waals surface area contributed by atoms with Gasteiger partial charge in [-0.3, -0.25) is 0 Å². The summed E-state index contributed by atoms with van der Waals surface area (Å²) in [4.78, 5) is 11.8. The Kier molecular flexibility index (Phi) is 2.93. The highest BCUT2D eigenvalue weighted by Crippen LogP contribution is 2.37. The lowest BCUT2D eigenvalue weighted by Crippen LogP contribution is -2.33. The number of thiophene rings is 1. The van der Waals surface area contributed by atoms with Crippen molar-refractivity contribution in [1.29, 1.82) is 0 Å². The van der Waals surface area contributed by atoms with Crippen LogP contribution in [0.3, 0.4) is 0 Å². The van der Waals surface area contributed by atoms with Crippen LogP contribution in [0.1, 0.15) is 41.8 Å². The molecule has 5 heteroatoms. The van der Waals surface area contributed by atoms with Gasteiger partial charge in [0.15, 0.2) is 0 Å². The molecule has 1 aromatic rings. The lowest BCUT2D eigenvalue weighted by atomic mass is 10.1. The average molecular weight is 226 g/mol. The fourth-order valence-corrected chi connectivity index (χ4v) is 3.00. The number of hydrogen-bond acceptors (Lipinski definition) is 3. The number of carbonyl (C=O) groups excluding carboxylic acids is 1. The largest absolute Gasteiger partial charge is 0.388 e. The number of rotatable bonds is 1. The van der Waals surface area contributed by atoms with Gasteiger partial charge in [0, 0.05) is 4.88 Å². The van der Waals surface area contributed by atoms with E-state index in [9.17, 15) is 9.90 Å². The van der Waals surface area contributed by atoms with Crippen molar-refractivity contribution in [2.45, 2.75) is 31.4 Å². The Balaban J connectivity index is 2.27. The van der Waals surface area contributed by atoms with Crippen molar-refractivity contribution >= 4 is 17.4 Å². The molecule has 1 heterocycles. The van der Waals surface area contributed by atoms with Crippen LogP contribution >= 0.6 is 11.3 Å². The molecule has 82 valence electrons. The summed E-state index contributed by atoms with van der Waals surface area (Å²) in [6, 6.07) is 1.41. The maximum Gasteiger partial charge on any atom is 0.312 e. The van der Waals surface area contributed by atoms with Gasteiger partial charge in [0.2, 0.25) is 0 Å². The molecule has 0 aromatic carbocycles. The number of aliphatic hydroxyl groups excluding tert-OH is 1. The third-order valence-corrected chi connectivity index (χ3v) is 3.73. The van der Waals surface area contributed by atoms with Crippen LogP contribution in [0.15, 0.2) is 11.4 Å². The van der Waals surface area contributed by atoms with E-state index < -0.39 is 6.03 Å². The summed E-state index contributed by atoms with van der Waals surface area (Å²) in [5, 5.41) is 14.5. The predicted octanol–water partition coefficient (Wildman–Crippen LogP) is 1.67. The topological polar surface area (TPSA) is 75.4 Å². The molecule has 1 aliphatic carbocycles. The molecule has 2 rings (SSSR count). The molecule has 0 saturated heterocycles. The van der Waals surface area contributed by atoms with Crippen molar-refractivity contribution in [3.05, 3.63) is 21.9 Å². The van der Waals surface area contributed by atoms with Crippen molar-refractivity contribution in [2.75, 3.05) is 0 Å². The van der Waals surface area contributed by atoms with E-state index in [0.29, 0.717) is 0 Å². The van der Waals surface area contributed by atoms with E-state index in [1.165, 1.54) is 11.3 Å². The lowest BCUT2D eigenvalue weighted by Gasteiger charge is -2.15. The van der Waals surface area contributed by atoms with Crippen molar-refractivity contribution in [2.24, 2.45) is 5.73 Å². The number of urea groups is 1. The Morgan fingerprint density at radius 2 is 2.40 bits per heavy atom. The number of primary amides is 1. The predicted molar refractivity (Wildman–Crippen MR) is 58.6 cm³/mol. The van der Waals surface area contributed by atoms with Crippen LogP contribution in [0.2, 0.25) is 0 Å². The summed E-state index contributed by atoms with van der Waals surface area (Å²) in [5.74, 6) is 0. The summed E-state index contributed by atoms with van der Waals surface area (Å²) in [6.45, 7) is 0. The molecular formula is C10H14N2O2S. The number of amides is 2. The first-order chi connectivity index (χ1) is 7.18. The molecule has 4 N–H and O–H groups in total. The highest BCUT2D eigenvalue weighted by Gasteiger charge is 2.25.